The van der Waals surface area contributed by atoms with E-state index in [1.807, 2.05) is 42.5 Å². The van der Waals surface area contributed by atoms with E-state index in [1.165, 1.54) is 11.3 Å². The minimum Gasteiger partial charge on any atom is -0.497 e. The summed E-state index contributed by atoms with van der Waals surface area (Å²) in [6.45, 7) is 7.57. The first kappa shape index (κ1) is 23.9. The van der Waals surface area contributed by atoms with Crippen LogP contribution in [0.3, 0.4) is 0 Å². The van der Waals surface area contributed by atoms with Crippen molar-refractivity contribution in [1.29, 1.82) is 0 Å². The number of para-hydroxylation sites is 1. The lowest BCUT2D eigenvalue weighted by Gasteiger charge is -2.41. The van der Waals surface area contributed by atoms with Crippen LogP contribution in [0.25, 0.3) is 16.6 Å². The molecule has 1 fully saturated rings. The van der Waals surface area contributed by atoms with Gasteiger partial charge in [-0.1, -0.05) is 24.3 Å². The molecule has 0 N–H and O–H groups in total. The van der Waals surface area contributed by atoms with Crippen molar-refractivity contribution in [3.63, 3.8) is 0 Å². The number of hydrogen-bond acceptors (Lipinski definition) is 6. The van der Waals surface area contributed by atoms with Crippen molar-refractivity contribution in [2.75, 3.05) is 38.8 Å². The molecule has 4 aromatic rings. The number of aryl methyl sites for hydroxylation is 1. The molecule has 1 aromatic heterocycles. The zero-order valence-corrected chi connectivity index (χ0v) is 21.3. The predicted octanol–water partition coefficient (Wildman–Crippen LogP) is 4.42. The van der Waals surface area contributed by atoms with E-state index in [2.05, 4.69) is 47.9 Å². The summed E-state index contributed by atoms with van der Waals surface area (Å²) in [4.78, 5) is 23.6. The number of aromatic nitrogens is 2. The fraction of sp³-hybridized carbons (Fsp3) is 0.310. The quantitative estimate of drug-likeness (QED) is 0.404. The van der Waals surface area contributed by atoms with Gasteiger partial charge in [0.25, 0.3) is 5.56 Å². The molecule has 186 valence electrons. The van der Waals surface area contributed by atoms with Gasteiger partial charge in [-0.3, -0.25) is 14.3 Å². The van der Waals surface area contributed by atoms with Crippen LogP contribution < -0.4 is 19.9 Å². The maximum Gasteiger partial charge on any atom is 0.266 e. The van der Waals surface area contributed by atoms with Gasteiger partial charge < -0.3 is 14.4 Å². The molecule has 7 heteroatoms. The largest absolute Gasteiger partial charge is 0.497 e. The van der Waals surface area contributed by atoms with Crippen molar-refractivity contribution in [2.24, 2.45) is 0 Å². The van der Waals surface area contributed by atoms with Crippen molar-refractivity contribution in [3.8, 4) is 17.2 Å². The number of hydrogen-bond donors (Lipinski definition) is 0. The van der Waals surface area contributed by atoms with Crippen molar-refractivity contribution < 1.29 is 9.47 Å². The highest BCUT2D eigenvalue weighted by Crippen LogP contribution is 2.29. The van der Waals surface area contributed by atoms with Gasteiger partial charge in [-0.2, -0.15) is 0 Å². The Hall–Kier alpha value is -3.84. The lowest BCUT2D eigenvalue weighted by Crippen LogP contribution is -2.52. The van der Waals surface area contributed by atoms with Gasteiger partial charge in [0.2, 0.25) is 0 Å². The molecule has 0 bridgehead atoms. The number of anilines is 1. The zero-order valence-electron chi connectivity index (χ0n) is 21.3. The first-order valence-electron chi connectivity index (χ1n) is 12.3. The highest BCUT2D eigenvalue weighted by Gasteiger charge is 2.26. The highest BCUT2D eigenvalue weighted by atomic mass is 16.5. The third kappa shape index (κ3) is 4.54. The Labute approximate surface area is 211 Å². The number of methoxy groups -OCH3 is 2. The Morgan fingerprint density at radius 2 is 1.81 bits per heavy atom. The molecule has 7 nitrogen and oxygen atoms in total. The van der Waals surface area contributed by atoms with Crippen LogP contribution in [-0.4, -0.2) is 54.3 Å². The SMILES string of the molecule is COc1ccc(OC)c(-n2c(CN3CCN(c4cccc(C)c4)C(C)C3)nc3ccccc3c2=O)c1. The van der Waals surface area contributed by atoms with Crippen LogP contribution in [0.5, 0.6) is 11.5 Å². The molecule has 36 heavy (non-hydrogen) atoms. The van der Waals surface area contributed by atoms with Crippen LogP contribution in [-0.2, 0) is 6.54 Å². The van der Waals surface area contributed by atoms with Crippen LogP contribution in [0.1, 0.15) is 18.3 Å². The van der Waals surface area contributed by atoms with Crippen LogP contribution in [0, 0.1) is 6.92 Å². The fourth-order valence-electron chi connectivity index (χ4n) is 5.07. The van der Waals surface area contributed by atoms with E-state index in [0.29, 0.717) is 46.5 Å². The van der Waals surface area contributed by atoms with Gasteiger partial charge >= 0.3 is 0 Å². The number of ether oxygens (including phenoxy) is 2. The fourth-order valence-corrected chi connectivity index (χ4v) is 5.07. The van der Waals surface area contributed by atoms with Gasteiger partial charge in [-0.25, -0.2) is 4.98 Å². The van der Waals surface area contributed by atoms with Gasteiger partial charge in [0.05, 0.1) is 37.4 Å². The standard InChI is InChI=1S/C29H32N4O3/c1-20-8-7-9-22(16-20)32-15-14-31(18-21(32)2)19-28-30-25-11-6-5-10-24(25)29(34)33(28)26-17-23(35-3)12-13-27(26)36-4/h5-13,16-17,21H,14-15,18-19H2,1-4H3. The maximum atomic E-state index is 13.8. The van der Waals surface area contributed by atoms with Gasteiger partial charge in [0.1, 0.15) is 17.3 Å². The number of piperazine rings is 1. The molecule has 1 atom stereocenters. The van der Waals surface area contributed by atoms with E-state index in [1.54, 1.807) is 18.8 Å². The first-order valence-corrected chi connectivity index (χ1v) is 12.3. The molecule has 5 rings (SSSR count). The summed E-state index contributed by atoms with van der Waals surface area (Å²) in [5.74, 6) is 1.92. The second-order valence-electron chi connectivity index (χ2n) is 9.34. The molecule has 0 spiro atoms. The third-order valence-corrected chi connectivity index (χ3v) is 6.88. The Kier molecular flexibility index (Phi) is 6.65. The Bertz CT molecular complexity index is 1450. The van der Waals surface area contributed by atoms with Crippen LogP contribution in [0.2, 0.25) is 0 Å². The molecular formula is C29H32N4O3. The summed E-state index contributed by atoms with van der Waals surface area (Å²) in [5, 5.41) is 0.573. The Morgan fingerprint density at radius 1 is 0.972 bits per heavy atom. The van der Waals surface area contributed by atoms with Gasteiger partial charge in [0, 0.05) is 37.4 Å². The topological polar surface area (TPSA) is 59.8 Å². The minimum absolute atomic E-state index is 0.117. The molecule has 0 amide bonds. The van der Waals surface area contributed by atoms with Gasteiger partial charge in [-0.05, 0) is 55.8 Å². The predicted molar refractivity (Wildman–Crippen MR) is 144 cm³/mol. The smallest absolute Gasteiger partial charge is 0.266 e. The molecule has 0 aliphatic carbocycles. The van der Waals surface area contributed by atoms with E-state index < -0.39 is 0 Å². The molecular weight excluding hydrogens is 452 g/mol. The summed E-state index contributed by atoms with van der Waals surface area (Å²) in [6, 6.07) is 22.0. The van der Waals surface area contributed by atoms with Gasteiger partial charge in [0.15, 0.2) is 0 Å². The normalized spacial score (nSPS) is 16.3. The average Bonchev–Trinajstić information content (AvgIpc) is 2.88. The number of benzene rings is 3. The number of fused-ring (bicyclic) bond motifs is 1. The van der Waals surface area contributed by atoms with E-state index in [-0.39, 0.29) is 5.56 Å². The summed E-state index contributed by atoms with van der Waals surface area (Å²) in [5.41, 5.74) is 3.72. The first-order chi connectivity index (χ1) is 17.5. The maximum absolute atomic E-state index is 13.8. The summed E-state index contributed by atoms with van der Waals surface area (Å²) >= 11 is 0. The van der Waals surface area contributed by atoms with Crippen LogP contribution >= 0.6 is 0 Å². The van der Waals surface area contributed by atoms with E-state index in [0.717, 1.165) is 19.6 Å². The molecule has 1 saturated heterocycles. The van der Waals surface area contributed by atoms with Crippen LogP contribution in [0.15, 0.2) is 71.5 Å². The summed E-state index contributed by atoms with van der Waals surface area (Å²) in [6.07, 6.45) is 0. The van der Waals surface area contributed by atoms with Crippen molar-refractivity contribution >= 4 is 16.6 Å². The van der Waals surface area contributed by atoms with E-state index >= 15 is 0 Å². The zero-order chi connectivity index (χ0) is 25.2. The minimum atomic E-state index is -0.117. The van der Waals surface area contributed by atoms with Crippen LogP contribution in [0.4, 0.5) is 5.69 Å². The lowest BCUT2D eigenvalue weighted by atomic mass is 10.1. The Balaban J connectivity index is 1.53. The van der Waals surface area contributed by atoms with Crippen molar-refractivity contribution in [3.05, 3.63) is 88.5 Å². The summed E-state index contributed by atoms with van der Waals surface area (Å²) in [7, 11) is 3.22. The van der Waals surface area contributed by atoms with E-state index in [9.17, 15) is 4.79 Å². The molecule has 1 aliphatic heterocycles. The van der Waals surface area contributed by atoms with Crippen molar-refractivity contribution in [1.82, 2.24) is 14.5 Å². The highest BCUT2D eigenvalue weighted by molar-refractivity contribution is 5.78. The molecule has 2 heterocycles. The third-order valence-electron chi connectivity index (χ3n) is 6.88. The molecule has 1 unspecified atom stereocenters. The molecule has 0 radical (unpaired) electrons. The molecule has 3 aromatic carbocycles. The average molecular weight is 485 g/mol. The van der Waals surface area contributed by atoms with E-state index in [4.69, 9.17) is 14.5 Å². The van der Waals surface area contributed by atoms with Gasteiger partial charge in [-0.15, -0.1) is 0 Å². The number of rotatable bonds is 6. The second-order valence-corrected chi connectivity index (χ2v) is 9.34. The second kappa shape index (κ2) is 10.0. The monoisotopic (exact) mass is 484 g/mol. The molecule has 1 aliphatic rings. The lowest BCUT2D eigenvalue weighted by molar-refractivity contribution is 0.214. The molecule has 0 saturated carbocycles. The van der Waals surface area contributed by atoms with Crippen molar-refractivity contribution in [2.45, 2.75) is 26.4 Å². The number of nitrogens with zero attached hydrogens (tertiary/aromatic N) is 4. The summed E-state index contributed by atoms with van der Waals surface area (Å²) < 4.78 is 12.8. The Morgan fingerprint density at radius 3 is 2.56 bits per heavy atom.